The Morgan fingerprint density at radius 2 is 1.76 bits per heavy atom. The summed E-state index contributed by atoms with van der Waals surface area (Å²) in [5.41, 5.74) is -0.523. The van der Waals surface area contributed by atoms with Gasteiger partial charge >= 0.3 is 12.1 Å². The highest BCUT2D eigenvalue weighted by Gasteiger charge is 2.30. The molecule has 3 nitrogen and oxygen atoms in total. The first-order valence-corrected chi connectivity index (χ1v) is 5.81. The van der Waals surface area contributed by atoms with Crippen molar-refractivity contribution in [1.82, 2.24) is 4.98 Å². The summed E-state index contributed by atoms with van der Waals surface area (Å²) in [6.07, 6.45) is -2.96. The Balaban J connectivity index is 2.47. The Morgan fingerprint density at radius 3 is 2.29 bits per heavy atom. The molecule has 110 valence electrons. The lowest BCUT2D eigenvalue weighted by Crippen LogP contribution is -2.06. The van der Waals surface area contributed by atoms with Gasteiger partial charge in [-0.2, -0.15) is 13.2 Å². The third-order valence-electron chi connectivity index (χ3n) is 2.86. The van der Waals surface area contributed by atoms with Crippen LogP contribution in [-0.4, -0.2) is 16.1 Å². The van der Waals surface area contributed by atoms with Crippen LogP contribution in [0.25, 0.3) is 11.1 Å². The molecule has 0 radical (unpaired) electrons. The molecule has 0 aliphatic carbocycles. The van der Waals surface area contributed by atoms with Crippen LogP contribution >= 0.6 is 0 Å². The van der Waals surface area contributed by atoms with Gasteiger partial charge in [0.25, 0.3) is 0 Å². The number of alkyl halides is 3. The Morgan fingerprint density at radius 1 is 1.14 bits per heavy atom. The second kappa shape index (κ2) is 5.51. The summed E-state index contributed by atoms with van der Waals surface area (Å²) >= 11 is 0. The van der Waals surface area contributed by atoms with Crippen molar-refractivity contribution in [3.63, 3.8) is 0 Å². The van der Waals surface area contributed by atoms with Gasteiger partial charge in [0, 0.05) is 17.3 Å². The van der Waals surface area contributed by atoms with E-state index < -0.39 is 29.9 Å². The van der Waals surface area contributed by atoms with E-state index in [1.54, 1.807) is 0 Å². The average molecular weight is 299 g/mol. The third-order valence-corrected chi connectivity index (χ3v) is 2.86. The molecule has 0 unspecified atom stereocenters. The number of nitrogens with zero attached hydrogens (tertiary/aromatic N) is 1. The van der Waals surface area contributed by atoms with E-state index >= 15 is 0 Å². The molecule has 21 heavy (non-hydrogen) atoms. The third kappa shape index (κ3) is 3.36. The van der Waals surface area contributed by atoms with Gasteiger partial charge < -0.3 is 5.11 Å². The van der Waals surface area contributed by atoms with Gasteiger partial charge in [-0.1, -0.05) is 12.1 Å². The molecule has 1 N–H and O–H groups in total. The molecule has 0 aliphatic heterocycles. The number of rotatable bonds is 3. The van der Waals surface area contributed by atoms with Crippen LogP contribution in [0.5, 0.6) is 0 Å². The van der Waals surface area contributed by atoms with Crippen molar-refractivity contribution < 1.29 is 27.5 Å². The second-order valence-corrected chi connectivity index (χ2v) is 4.29. The summed E-state index contributed by atoms with van der Waals surface area (Å²) in [5, 5.41) is 8.78. The van der Waals surface area contributed by atoms with Crippen molar-refractivity contribution in [3.8, 4) is 11.1 Å². The molecule has 0 fully saturated rings. The van der Waals surface area contributed by atoms with Gasteiger partial charge in [0.15, 0.2) is 0 Å². The number of aromatic nitrogens is 1. The zero-order valence-corrected chi connectivity index (χ0v) is 10.5. The molecule has 2 rings (SSSR count). The Labute approximate surface area is 116 Å². The number of benzene rings is 1. The number of hydrogen-bond donors (Lipinski definition) is 1. The molecule has 0 bridgehead atoms. The predicted octanol–water partition coefficient (Wildman–Crippen LogP) is 3.53. The number of carboxylic acid groups (broad SMARTS) is 1. The fourth-order valence-electron chi connectivity index (χ4n) is 1.88. The maximum atomic E-state index is 13.7. The lowest BCUT2D eigenvalue weighted by Gasteiger charge is -2.10. The predicted molar refractivity (Wildman–Crippen MR) is 66.0 cm³/mol. The summed E-state index contributed by atoms with van der Waals surface area (Å²) in [5.74, 6) is -2.05. The van der Waals surface area contributed by atoms with E-state index in [0.717, 1.165) is 30.5 Å². The smallest absolute Gasteiger partial charge is 0.416 e. The van der Waals surface area contributed by atoms with Crippen molar-refractivity contribution in [1.29, 1.82) is 0 Å². The largest absolute Gasteiger partial charge is 0.481 e. The molecule has 0 amide bonds. The molecular weight excluding hydrogens is 290 g/mol. The van der Waals surface area contributed by atoms with Crippen LogP contribution in [0.15, 0.2) is 36.7 Å². The number of hydrogen-bond acceptors (Lipinski definition) is 2. The summed E-state index contributed by atoms with van der Waals surface area (Å²) < 4.78 is 51.1. The van der Waals surface area contributed by atoms with Gasteiger partial charge in [0.1, 0.15) is 5.82 Å². The summed E-state index contributed by atoms with van der Waals surface area (Å²) in [6, 6.07) is 4.02. The highest BCUT2D eigenvalue weighted by Crippen LogP contribution is 2.32. The monoisotopic (exact) mass is 299 g/mol. The fourth-order valence-corrected chi connectivity index (χ4v) is 1.88. The summed E-state index contributed by atoms with van der Waals surface area (Å²) in [4.78, 5) is 14.4. The van der Waals surface area contributed by atoms with Crippen LogP contribution in [0.3, 0.4) is 0 Å². The molecule has 0 saturated carbocycles. The maximum Gasteiger partial charge on any atom is 0.416 e. The van der Waals surface area contributed by atoms with E-state index in [2.05, 4.69) is 4.98 Å². The van der Waals surface area contributed by atoms with Gasteiger partial charge in [0.2, 0.25) is 0 Å². The van der Waals surface area contributed by atoms with Crippen molar-refractivity contribution in [2.45, 2.75) is 12.6 Å². The Hall–Kier alpha value is -2.44. The minimum atomic E-state index is -4.47. The van der Waals surface area contributed by atoms with Crippen LogP contribution in [-0.2, 0) is 17.4 Å². The Kier molecular flexibility index (Phi) is 3.93. The molecule has 0 aliphatic rings. The lowest BCUT2D eigenvalue weighted by molar-refractivity contribution is -0.138. The fraction of sp³-hybridized carbons (Fsp3) is 0.143. The standard InChI is InChI=1S/C14H9F4NO2/c15-12-7-19-6-11(10(12)5-13(20)21)8-1-3-9(4-2-8)14(16,17)18/h1-4,6-7H,5H2,(H,20,21). The molecule has 0 atom stereocenters. The first-order chi connectivity index (χ1) is 9.79. The first-order valence-electron chi connectivity index (χ1n) is 5.81. The van der Waals surface area contributed by atoms with Crippen LogP contribution in [0.4, 0.5) is 17.6 Å². The minimum Gasteiger partial charge on any atom is -0.481 e. The van der Waals surface area contributed by atoms with Gasteiger partial charge in [-0.05, 0) is 17.7 Å². The number of aliphatic carboxylic acids is 1. The average Bonchev–Trinajstić information content (AvgIpc) is 2.40. The zero-order chi connectivity index (χ0) is 15.6. The van der Waals surface area contributed by atoms with E-state index in [4.69, 9.17) is 5.11 Å². The normalized spacial score (nSPS) is 11.4. The van der Waals surface area contributed by atoms with Crippen molar-refractivity contribution >= 4 is 5.97 Å². The number of carboxylic acids is 1. The molecule has 0 saturated heterocycles. The van der Waals surface area contributed by atoms with Crippen molar-refractivity contribution in [3.05, 3.63) is 53.6 Å². The molecule has 0 spiro atoms. The van der Waals surface area contributed by atoms with Crippen LogP contribution < -0.4 is 0 Å². The minimum absolute atomic E-state index is 0.114. The van der Waals surface area contributed by atoms with E-state index in [9.17, 15) is 22.4 Å². The van der Waals surface area contributed by atoms with E-state index in [-0.39, 0.29) is 16.7 Å². The van der Waals surface area contributed by atoms with Gasteiger partial charge in [0.05, 0.1) is 18.2 Å². The zero-order valence-electron chi connectivity index (χ0n) is 10.5. The van der Waals surface area contributed by atoms with Gasteiger partial charge in [-0.25, -0.2) is 4.39 Å². The lowest BCUT2D eigenvalue weighted by atomic mass is 9.98. The maximum absolute atomic E-state index is 13.7. The van der Waals surface area contributed by atoms with E-state index in [0.29, 0.717) is 0 Å². The SMILES string of the molecule is O=C(O)Cc1c(F)cncc1-c1ccc(C(F)(F)F)cc1. The van der Waals surface area contributed by atoms with Crippen molar-refractivity contribution in [2.75, 3.05) is 0 Å². The van der Waals surface area contributed by atoms with Gasteiger partial charge in [-0.15, -0.1) is 0 Å². The van der Waals surface area contributed by atoms with Crippen molar-refractivity contribution in [2.24, 2.45) is 0 Å². The van der Waals surface area contributed by atoms with Gasteiger partial charge in [-0.3, -0.25) is 9.78 Å². The quantitative estimate of drug-likeness (QED) is 0.882. The molecule has 1 heterocycles. The van der Waals surface area contributed by atoms with E-state index in [1.165, 1.54) is 6.20 Å². The number of carbonyl (C=O) groups is 1. The highest BCUT2D eigenvalue weighted by atomic mass is 19.4. The van der Waals surface area contributed by atoms with E-state index in [1.807, 2.05) is 0 Å². The molecule has 7 heteroatoms. The van der Waals surface area contributed by atoms with Crippen LogP contribution in [0, 0.1) is 5.82 Å². The topological polar surface area (TPSA) is 50.2 Å². The number of pyridine rings is 1. The van der Waals surface area contributed by atoms with Crippen LogP contribution in [0.2, 0.25) is 0 Å². The van der Waals surface area contributed by atoms with Crippen LogP contribution in [0.1, 0.15) is 11.1 Å². The summed E-state index contributed by atoms with van der Waals surface area (Å²) in [6.45, 7) is 0. The summed E-state index contributed by atoms with van der Waals surface area (Å²) in [7, 11) is 0. The highest BCUT2D eigenvalue weighted by molar-refractivity contribution is 5.76. The molecule has 1 aromatic carbocycles. The first kappa shape index (κ1) is 15.0. The number of halogens is 4. The Bertz CT molecular complexity index is 666. The molecular formula is C14H9F4NO2. The molecule has 2 aromatic rings. The molecule has 1 aromatic heterocycles. The second-order valence-electron chi connectivity index (χ2n) is 4.29.